The molecule has 0 bridgehead atoms. The minimum Gasteiger partial charge on any atom is -0.329 e. The lowest BCUT2D eigenvalue weighted by atomic mass is 9.73. The number of rotatable bonds is 3. The average Bonchev–Trinajstić information content (AvgIpc) is 2.86. The van der Waals surface area contributed by atoms with Crippen LogP contribution in [0.1, 0.15) is 65.2 Å². The summed E-state index contributed by atoms with van der Waals surface area (Å²) in [6, 6.07) is 1.47. The van der Waals surface area contributed by atoms with Gasteiger partial charge in [-0.1, -0.05) is 20.3 Å². The number of nitrogens with two attached hydrogens (primary N) is 1. The highest BCUT2D eigenvalue weighted by atomic mass is 15.3. The zero-order valence-corrected chi connectivity index (χ0v) is 14.4. The van der Waals surface area contributed by atoms with Gasteiger partial charge in [0.1, 0.15) is 0 Å². The van der Waals surface area contributed by atoms with Crippen LogP contribution in [-0.2, 0) is 0 Å². The molecule has 1 aliphatic carbocycles. The van der Waals surface area contributed by atoms with Gasteiger partial charge in [-0.2, -0.15) is 0 Å². The second-order valence-corrected chi connectivity index (χ2v) is 8.61. The smallest absolute Gasteiger partial charge is 0.0498 e. The fraction of sp³-hybridized carbons (Fsp3) is 1.00. The standard InChI is InChI=1S/C18H35N3/c1-17(2)9-7-15(8-10-17)20(3)18(14-19)11-13-21-12-5-4-6-16(18)21/h15-16H,4-14,19H2,1-3H3. The molecule has 21 heavy (non-hydrogen) atoms. The first-order valence-corrected chi connectivity index (χ1v) is 9.16. The van der Waals surface area contributed by atoms with E-state index in [1.807, 2.05) is 0 Å². The molecular formula is C18H35N3. The Balaban J connectivity index is 1.73. The fourth-order valence-corrected chi connectivity index (χ4v) is 5.30. The molecule has 2 aliphatic heterocycles. The van der Waals surface area contributed by atoms with E-state index >= 15 is 0 Å². The van der Waals surface area contributed by atoms with Gasteiger partial charge in [-0.25, -0.2) is 0 Å². The van der Waals surface area contributed by atoms with Crippen molar-refractivity contribution in [3.05, 3.63) is 0 Å². The maximum absolute atomic E-state index is 6.37. The Morgan fingerprint density at radius 3 is 2.43 bits per heavy atom. The quantitative estimate of drug-likeness (QED) is 0.868. The predicted octanol–water partition coefficient (Wildman–Crippen LogP) is 2.84. The molecule has 0 radical (unpaired) electrons. The van der Waals surface area contributed by atoms with Crippen LogP contribution in [0.5, 0.6) is 0 Å². The van der Waals surface area contributed by atoms with Crippen molar-refractivity contribution in [2.24, 2.45) is 11.1 Å². The third-order valence-electron chi connectivity index (χ3n) is 6.98. The SMILES string of the molecule is CN(C1CCC(C)(C)CC1)C1(CN)CCN2CCCCC21. The van der Waals surface area contributed by atoms with Gasteiger partial charge in [0.25, 0.3) is 0 Å². The monoisotopic (exact) mass is 293 g/mol. The number of hydrogen-bond donors (Lipinski definition) is 1. The molecule has 2 saturated heterocycles. The molecule has 2 unspecified atom stereocenters. The third kappa shape index (κ3) is 2.77. The van der Waals surface area contributed by atoms with Gasteiger partial charge >= 0.3 is 0 Å². The van der Waals surface area contributed by atoms with Crippen LogP contribution in [-0.4, -0.2) is 54.1 Å². The highest BCUT2D eigenvalue weighted by Gasteiger charge is 2.51. The van der Waals surface area contributed by atoms with Crippen molar-refractivity contribution in [1.29, 1.82) is 0 Å². The maximum atomic E-state index is 6.37. The summed E-state index contributed by atoms with van der Waals surface area (Å²) in [6.07, 6.45) is 10.9. The van der Waals surface area contributed by atoms with Crippen LogP contribution < -0.4 is 5.73 Å². The van der Waals surface area contributed by atoms with E-state index in [1.165, 1.54) is 64.5 Å². The van der Waals surface area contributed by atoms with Gasteiger partial charge in [0, 0.05) is 30.7 Å². The second kappa shape index (κ2) is 5.82. The minimum atomic E-state index is 0.257. The van der Waals surface area contributed by atoms with Gasteiger partial charge in [-0.05, 0) is 64.0 Å². The Morgan fingerprint density at radius 1 is 1.05 bits per heavy atom. The molecule has 0 amide bonds. The summed E-state index contributed by atoms with van der Waals surface area (Å²) in [4.78, 5) is 5.47. The molecular weight excluding hydrogens is 258 g/mol. The normalized spacial score (nSPS) is 37.9. The Labute approximate surface area is 131 Å². The Morgan fingerprint density at radius 2 is 1.76 bits per heavy atom. The Hall–Kier alpha value is -0.120. The van der Waals surface area contributed by atoms with E-state index in [0.717, 1.165) is 18.6 Å². The number of piperidine rings is 1. The molecule has 122 valence electrons. The second-order valence-electron chi connectivity index (χ2n) is 8.61. The molecule has 0 spiro atoms. The largest absolute Gasteiger partial charge is 0.329 e. The van der Waals surface area contributed by atoms with Crippen molar-refractivity contribution in [2.75, 3.05) is 26.7 Å². The minimum absolute atomic E-state index is 0.257. The van der Waals surface area contributed by atoms with Gasteiger partial charge in [-0.3, -0.25) is 9.80 Å². The Bertz CT molecular complexity index is 357. The van der Waals surface area contributed by atoms with Gasteiger partial charge in [0.15, 0.2) is 0 Å². The summed E-state index contributed by atoms with van der Waals surface area (Å²) in [5.74, 6) is 0. The van der Waals surface area contributed by atoms with Crippen LogP contribution in [0.3, 0.4) is 0 Å². The van der Waals surface area contributed by atoms with Crippen LogP contribution >= 0.6 is 0 Å². The first-order chi connectivity index (χ1) is 9.98. The molecule has 3 fully saturated rings. The van der Waals surface area contributed by atoms with Gasteiger partial charge in [0.2, 0.25) is 0 Å². The lowest BCUT2D eigenvalue weighted by Crippen LogP contribution is -2.63. The maximum Gasteiger partial charge on any atom is 0.0498 e. The first kappa shape index (κ1) is 15.8. The van der Waals surface area contributed by atoms with Gasteiger partial charge in [0.05, 0.1) is 0 Å². The zero-order chi connectivity index (χ0) is 15.1. The highest BCUT2D eigenvalue weighted by Crippen LogP contribution is 2.43. The third-order valence-corrected chi connectivity index (χ3v) is 6.98. The van der Waals surface area contributed by atoms with Crippen molar-refractivity contribution in [2.45, 2.75) is 82.8 Å². The summed E-state index contributed by atoms with van der Waals surface area (Å²) in [7, 11) is 2.38. The van der Waals surface area contributed by atoms with E-state index in [0.29, 0.717) is 5.41 Å². The molecule has 0 aromatic rings. The van der Waals surface area contributed by atoms with E-state index in [4.69, 9.17) is 5.73 Å². The van der Waals surface area contributed by atoms with Crippen LogP contribution in [0.4, 0.5) is 0 Å². The molecule has 2 heterocycles. The van der Waals surface area contributed by atoms with Crippen LogP contribution in [0.15, 0.2) is 0 Å². The number of hydrogen-bond acceptors (Lipinski definition) is 3. The van der Waals surface area contributed by atoms with Crippen molar-refractivity contribution in [3.63, 3.8) is 0 Å². The topological polar surface area (TPSA) is 32.5 Å². The van der Waals surface area contributed by atoms with E-state index in [-0.39, 0.29) is 5.54 Å². The molecule has 2 N–H and O–H groups in total. The lowest BCUT2D eigenvalue weighted by Gasteiger charge is -2.51. The molecule has 1 saturated carbocycles. The van der Waals surface area contributed by atoms with Crippen molar-refractivity contribution in [1.82, 2.24) is 9.80 Å². The van der Waals surface area contributed by atoms with Crippen LogP contribution in [0, 0.1) is 5.41 Å². The fourth-order valence-electron chi connectivity index (χ4n) is 5.30. The molecule has 0 aromatic carbocycles. The van der Waals surface area contributed by atoms with Crippen LogP contribution in [0.25, 0.3) is 0 Å². The summed E-state index contributed by atoms with van der Waals surface area (Å²) in [5.41, 5.74) is 7.18. The molecule has 3 heteroatoms. The number of likely N-dealkylation sites (N-methyl/N-ethyl adjacent to an activating group) is 1. The number of fused-ring (bicyclic) bond motifs is 1. The van der Waals surface area contributed by atoms with Crippen molar-refractivity contribution >= 4 is 0 Å². The van der Waals surface area contributed by atoms with Gasteiger partial charge < -0.3 is 5.73 Å². The van der Waals surface area contributed by atoms with Gasteiger partial charge in [-0.15, -0.1) is 0 Å². The van der Waals surface area contributed by atoms with E-state index in [2.05, 4.69) is 30.7 Å². The van der Waals surface area contributed by atoms with E-state index in [1.54, 1.807) is 0 Å². The molecule has 0 aromatic heterocycles. The zero-order valence-electron chi connectivity index (χ0n) is 14.4. The molecule has 3 nitrogen and oxygen atoms in total. The molecule has 3 aliphatic rings. The lowest BCUT2D eigenvalue weighted by molar-refractivity contribution is 0.00310. The average molecular weight is 293 g/mol. The molecule has 2 atom stereocenters. The first-order valence-electron chi connectivity index (χ1n) is 9.16. The van der Waals surface area contributed by atoms with E-state index < -0.39 is 0 Å². The summed E-state index contributed by atoms with van der Waals surface area (Å²) >= 11 is 0. The highest BCUT2D eigenvalue weighted by molar-refractivity contribution is 5.09. The summed E-state index contributed by atoms with van der Waals surface area (Å²) < 4.78 is 0. The van der Waals surface area contributed by atoms with Crippen LogP contribution in [0.2, 0.25) is 0 Å². The summed E-state index contributed by atoms with van der Waals surface area (Å²) in [6.45, 7) is 8.27. The predicted molar refractivity (Wildman–Crippen MR) is 89.4 cm³/mol. The number of nitrogens with zero attached hydrogens (tertiary/aromatic N) is 2. The summed E-state index contributed by atoms with van der Waals surface area (Å²) in [5, 5.41) is 0. The van der Waals surface area contributed by atoms with E-state index in [9.17, 15) is 0 Å². The molecule has 3 rings (SSSR count). The van der Waals surface area contributed by atoms with Crippen molar-refractivity contribution < 1.29 is 0 Å². The Kier molecular flexibility index (Phi) is 4.37. The van der Waals surface area contributed by atoms with Crippen molar-refractivity contribution in [3.8, 4) is 0 Å².